The van der Waals surface area contributed by atoms with E-state index in [9.17, 15) is 9.59 Å². The molecule has 0 fully saturated rings. The Kier molecular flexibility index (Phi) is 5.11. The number of carbonyl (C=O) groups excluding carboxylic acids is 2. The first kappa shape index (κ1) is 15.3. The predicted octanol–water partition coefficient (Wildman–Crippen LogP) is 3.55. The summed E-state index contributed by atoms with van der Waals surface area (Å²) in [6.45, 7) is 1.61. The summed E-state index contributed by atoms with van der Waals surface area (Å²) in [4.78, 5) is 23.6. The van der Waals surface area contributed by atoms with Gasteiger partial charge in [0.2, 0.25) is 0 Å². The number of aryl methyl sites for hydroxylation is 1. The Bertz CT molecular complexity index is 670. The molecule has 0 heterocycles. The van der Waals surface area contributed by atoms with E-state index in [1.807, 2.05) is 25.1 Å². The van der Waals surface area contributed by atoms with E-state index in [1.54, 1.807) is 30.3 Å². The standard InChI is InChI=1S/C16H14BrNO3/c1-11-5-4-6-12(9-11)18-15(19)10-21-16(20)13-7-2-3-8-14(13)17/h2-9H,10H2,1H3,(H,18,19). The lowest BCUT2D eigenvalue weighted by atomic mass is 10.2. The second kappa shape index (κ2) is 7.04. The summed E-state index contributed by atoms with van der Waals surface area (Å²) < 4.78 is 5.63. The molecule has 2 aromatic carbocycles. The van der Waals surface area contributed by atoms with Crippen LogP contribution in [0, 0.1) is 6.92 Å². The molecule has 0 saturated carbocycles. The molecule has 0 unspecified atom stereocenters. The van der Waals surface area contributed by atoms with E-state index in [2.05, 4.69) is 21.2 Å². The van der Waals surface area contributed by atoms with Gasteiger partial charge in [-0.05, 0) is 52.7 Å². The number of nitrogens with one attached hydrogen (secondary N) is 1. The van der Waals surface area contributed by atoms with Crippen LogP contribution in [0.4, 0.5) is 5.69 Å². The topological polar surface area (TPSA) is 55.4 Å². The van der Waals surface area contributed by atoms with Crippen LogP contribution in [0.2, 0.25) is 0 Å². The van der Waals surface area contributed by atoms with E-state index in [-0.39, 0.29) is 12.5 Å². The lowest BCUT2D eigenvalue weighted by Gasteiger charge is -2.08. The van der Waals surface area contributed by atoms with Crippen LogP contribution in [0.3, 0.4) is 0 Å². The van der Waals surface area contributed by atoms with Gasteiger partial charge in [-0.25, -0.2) is 4.79 Å². The van der Waals surface area contributed by atoms with Crippen molar-refractivity contribution in [2.24, 2.45) is 0 Å². The highest BCUT2D eigenvalue weighted by atomic mass is 79.9. The number of halogens is 1. The summed E-state index contributed by atoms with van der Waals surface area (Å²) in [5.41, 5.74) is 2.11. The highest BCUT2D eigenvalue weighted by molar-refractivity contribution is 9.10. The zero-order valence-electron chi connectivity index (χ0n) is 11.4. The molecular weight excluding hydrogens is 334 g/mol. The van der Waals surface area contributed by atoms with Crippen LogP contribution in [-0.4, -0.2) is 18.5 Å². The molecule has 2 rings (SSSR count). The third-order valence-electron chi connectivity index (χ3n) is 2.73. The van der Waals surface area contributed by atoms with E-state index in [0.717, 1.165) is 5.56 Å². The molecule has 0 bridgehead atoms. The molecule has 4 nitrogen and oxygen atoms in total. The molecule has 0 aromatic heterocycles. The van der Waals surface area contributed by atoms with Crippen molar-refractivity contribution >= 4 is 33.5 Å². The molecule has 0 aliphatic heterocycles. The first-order valence-corrected chi connectivity index (χ1v) is 7.14. The number of carbonyl (C=O) groups is 2. The molecule has 1 N–H and O–H groups in total. The number of hydrogen-bond donors (Lipinski definition) is 1. The molecule has 0 aliphatic rings. The molecule has 0 saturated heterocycles. The largest absolute Gasteiger partial charge is 0.452 e. The Morgan fingerprint density at radius 2 is 1.90 bits per heavy atom. The van der Waals surface area contributed by atoms with E-state index in [0.29, 0.717) is 15.7 Å². The number of amides is 1. The van der Waals surface area contributed by atoms with Crippen LogP contribution in [-0.2, 0) is 9.53 Å². The van der Waals surface area contributed by atoms with Gasteiger partial charge in [0, 0.05) is 10.2 Å². The Hall–Kier alpha value is -2.14. The molecule has 5 heteroatoms. The average molecular weight is 348 g/mol. The quantitative estimate of drug-likeness (QED) is 0.860. The predicted molar refractivity (Wildman–Crippen MR) is 84.2 cm³/mol. The van der Waals surface area contributed by atoms with Crippen LogP contribution >= 0.6 is 15.9 Å². The summed E-state index contributed by atoms with van der Waals surface area (Å²) in [6.07, 6.45) is 0. The van der Waals surface area contributed by atoms with Crippen molar-refractivity contribution in [2.75, 3.05) is 11.9 Å². The van der Waals surface area contributed by atoms with Gasteiger partial charge in [-0.15, -0.1) is 0 Å². The van der Waals surface area contributed by atoms with Gasteiger partial charge < -0.3 is 10.1 Å². The smallest absolute Gasteiger partial charge is 0.339 e. The van der Waals surface area contributed by atoms with Gasteiger partial charge in [0.25, 0.3) is 5.91 Å². The van der Waals surface area contributed by atoms with Gasteiger partial charge in [-0.3, -0.25) is 4.79 Å². The van der Waals surface area contributed by atoms with Crippen molar-refractivity contribution in [3.8, 4) is 0 Å². The molecule has 2 aromatic rings. The van der Waals surface area contributed by atoms with E-state index in [1.165, 1.54) is 0 Å². The minimum Gasteiger partial charge on any atom is -0.452 e. The molecule has 0 atom stereocenters. The van der Waals surface area contributed by atoms with Crippen LogP contribution in [0.25, 0.3) is 0 Å². The number of esters is 1. The van der Waals surface area contributed by atoms with Crippen molar-refractivity contribution < 1.29 is 14.3 Å². The fourth-order valence-corrected chi connectivity index (χ4v) is 2.20. The van der Waals surface area contributed by atoms with Crippen LogP contribution in [0.1, 0.15) is 15.9 Å². The van der Waals surface area contributed by atoms with Crippen LogP contribution in [0.5, 0.6) is 0 Å². The van der Waals surface area contributed by atoms with E-state index >= 15 is 0 Å². The number of hydrogen-bond acceptors (Lipinski definition) is 3. The fourth-order valence-electron chi connectivity index (χ4n) is 1.76. The third kappa shape index (κ3) is 4.43. The molecule has 21 heavy (non-hydrogen) atoms. The maximum absolute atomic E-state index is 11.8. The minimum atomic E-state index is -0.540. The van der Waals surface area contributed by atoms with Gasteiger partial charge in [-0.2, -0.15) is 0 Å². The number of anilines is 1. The molecule has 0 aliphatic carbocycles. The maximum atomic E-state index is 11.8. The summed E-state index contributed by atoms with van der Waals surface area (Å²) in [6, 6.07) is 14.3. The van der Waals surface area contributed by atoms with Crippen LogP contribution < -0.4 is 5.32 Å². The summed E-state index contributed by atoms with van der Waals surface area (Å²) in [5.74, 6) is -0.914. The van der Waals surface area contributed by atoms with Gasteiger partial charge >= 0.3 is 5.97 Å². The fraction of sp³-hybridized carbons (Fsp3) is 0.125. The summed E-state index contributed by atoms with van der Waals surface area (Å²) >= 11 is 3.26. The first-order valence-electron chi connectivity index (χ1n) is 6.34. The SMILES string of the molecule is Cc1cccc(NC(=O)COC(=O)c2ccccc2Br)c1. The Balaban J connectivity index is 1.90. The zero-order valence-corrected chi connectivity index (χ0v) is 13.0. The molecule has 108 valence electrons. The second-order valence-corrected chi connectivity index (χ2v) is 5.33. The van der Waals surface area contributed by atoms with Crippen LogP contribution in [0.15, 0.2) is 53.0 Å². The lowest BCUT2D eigenvalue weighted by Crippen LogP contribution is -2.21. The summed E-state index contributed by atoms with van der Waals surface area (Å²) in [7, 11) is 0. The molecule has 0 spiro atoms. The number of rotatable bonds is 4. The third-order valence-corrected chi connectivity index (χ3v) is 3.42. The maximum Gasteiger partial charge on any atom is 0.339 e. The van der Waals surface area contributed by atoms with Gasteiger partial charge in [0.15, 0.2) is 6.61 Å². The Labute approximate surface area is 131 Å². The average Bonchev–Trinajstić information content (AvgIpc) is 2.45. The molecule has 0 radical (unpaired) electrons. The first-order chi connectivity index (χ1) is 10.1. The summed E-state index contributed by atoms with van der Waals surface area (Å²) in [5, 5.41) is 2.68. The monoisotopic (exact) mass is 347 g/mol. The van der Waals surface area contributed by atoms with E-state index in [4.69, 9.17) is 4.74 Å². The van der Waals surface area contributed by atoms with Crippen molar-refractivity contribution in [1.82, 2.24) is 0 Å². The lowest BCUT2D eigenvalue weighted by molar-refractivity contribution is -0.119. The molecule has 1 amide bonds. The van der Waals surface area contributed by atoms with Gasteiger partial charge in [0.1, 0.15) is 0 Å². The van der Waals surface area contributed by atoms with Gasteiger partial charge in [0.05, 0.1) is 5.56 Å². The van der Waals surface area contributed by atoms with Gasteiger partial charge in [-0.1, -0.05) is 24.3 Å². The number of ether oxygens (including phenoxy) is 1. The second-order valence-electron chi connectivity index (χ2n) is 4.47. The Morgan fingerprint density at radius 1 is 1.14 bits per heavy atom. The van der Waals surface area contributed by atoms with Crippen molar-refractivity contribution in [3.05, 3.63) is 64.1 Å². The van der Waals surface area contributed by atoms with Crippen molar-refractivity contribution in [1.29, 1.82) is 0 Å². The minimum absolute atomic E-state index is 0.325. The normalized spacial score (nSPS) is 10.0. The van der Waals surface area contributed by atoms with Crippen molar-refractivity contribution in [2.45, 2.75) is 6.92 Å². The molecular formula is C16H14BrNO3. The van der Waals surface area contributed by atoms with E-state index < -0.39 is 5.97 Å². The number of benzene rings is 2. The highest BCUT2D eigenvalue weighted by Gasteiger charge is 2.12. The highest BCUT2D eigenvalue weighted by Crippen LogP contribution is 2.16. The Morgan fingerprint density at radius 3 is 2.62 bits per heavy atom. The van der Waals surface area contributed by atoms with Crippen molar-refractivity contribution in [3.63, 3.8) is 0 Å². The zero-order chi connectivity index (χ0) is 15.2.